The van der Waals surface area contributed by atoms with Gasteiger partial charge in [0.25, 0.3) is 11.8 Å². The summed E-state index contributed by atoms with van der Waals surface area (Å²) in [6, 6.07) is 13.3. The number of H-pyrrole nitrogens is 2. The molecule has 4 aromatic rings. The highest BCUT2D eigenvalue weighted by molar-refractivity contribution is 5.99. The molecule has 0 spiro atoms. The minimum Gasteiger partial charge on any atom is -0.354 e. The summed E-state index contributed by atoms with van der Waals surface area (Å²) in [7, 11) is 0. The molecule has 2 unspecified atom stereocenters. The number of carbonyl (C=O) groups is 6. The summed E-state index contributed by atoms with van der Waals surface area (Å²) in [6.07, 6.45) is 7.91. The van der Waals surface area contributed by atoms with Gasteiger partial charge in [-0.25, -0.2) is 9.97 Å². The summed E-state index contributed by atoms with van der Waals surface area (Å²) >= 11 is 0. The van der Waals surface area contributed by atoms with Crippen LogP contribution >= 0.6 is 0 Å². The van der Waals surface area contributed by atoms with Crippen molar-refractivity contribution < 1.29 is 28.8 Å². The van der Waals surface area contributed by atoms with E-state index in [1.54, 1.807) is 73.1 Å². The molecule has 16 heteroatoms. The van der Waals surface area contributed by atoms with Gasteiger partial charge in [-0.2, -0.15) is 0 Å². The van der Waals surface area contributed by atoms with Crippen LogP contribution in [0.5, 0.6) is 0 Å². The number of hydrogen-bond donors (Lipinski definition) is 8. The zero-order valence-corrected chi connectivity index (χ0v) is 32.8. The van der Waals surface area contributed by atoms with Crippen molar-refractivity contribution in [1.82, 2.24) is 51.8 Å². The van der Waals surface area contributed by atoms with Crippen molar-refractivity contribution in [3.05, 3.63) is 108 Å². The zero-order chi connectivity index (χ0) is 41.2. The number of imidazole rings is 2. The number of hydrogen-bond acceptors (Lipinski definition) is 8. The first-order valence-corrected chi connectivity index (χ1v) is 19.3. The Kier molecular flexibility index (Phi) is 17.0. The van der Waals surface area contributed by atoms with E-state index in [0.29, 0.717) is 41.8 Å². The van der Waals surface area contributed by atoms with Gasteiger partial charge in [0.2, 0.25) is 23.6 Å². The Hall–Kier alpha value is -6.32. The molecule has 2 heterocycles. The fraction of sp³-hybridized carbons (Fsp3) is 0.415. The molecular weight excluding hydrogens is 729 g/mol. The quantitative estimate of drug-likeness (QED) is 0.0550. The van der Waals surface area contributed by atoms with Crippen LogP contribution in [0.25, 0.3) is 0 Å². The topological polar surface area (TPSA) is 232 Å². The Bertz CT molecular complexity index is 1740. The predicted molar refractivity (Wildman–Crippen MR) is 213 cm³/mol. The maximum absolute atomic E-state index is 13.6. The van der Waals surface area contributed by atoms with E-state index in [-0.39, 0.29) is 37.8 Å². The molecule has 0 saturated heterocycles. The van der Waals surface area contributed by atoms with Crippen LogP contribution in [0.4, 0.5) is 0 Å². The number of rotatable bonds is 22. The maximum Gasteiger partial charge on any atom is 0.251 e. The highest BCUT2D eigenvalue weighted by Gasteiger charge is 2.32. The van der Waals surface area contributed by atoms with E-state index < -0.39 is 59.6 Å². The molecule has 0 aliphatic rings. The van der Waals surface area contributed by atoms with Crippen molar-refractivity contribution in [2.75, 3.05) is 13.1 Å². The molecule has 6 atom stereocenters. The van der Waals surface area contributed by atoms with Crippen LogP contribution < -0.4 is 31.9 Å². The molecule has 304 valence electrons. The predicted octanol–water partition coefficient (Wildman–Crippen LogP) is 2.20. The molecule has 6 amide bonds. The molecule has 0 radical (unpaired) electrons. The van der Waals surface area contributed by atoms with Crippen LogP contribution in [0.1, 0.15) is 79.1 Å². The maximum atomic E-state index is 13.6. The molecule has 0 bridgehead atoms. The lowest BCUT2D eigenvalue weighted by Gasteiger charge is -2.27. The van der Waals surface area contributed by atoms with Crippen LogP contribution in [-0.4, -0.2) is 92.6 Å². The van der Waals surface area contributed by atoms with Crippen molar-refractivity contribution in [3.8, 4) is 0 Å². The van der Waals surface area contributed by atoms with E-state index in [0.717, 1.165) is 0 Å². The lowest BCUT2D eigenvalue weighted by atomic mass is 9.97. The van der Waals surface area contributed by atoms with Gasteiger partial charge in [0, 0.05) is 60.8 Å². The van der Waals surface area contributed by atoms with Crippen molar-refractivity contribution in [3.63, 3.8) is 0 Å². The molecule has 0 fully saturated rings. The minimum atomic E-state index is -0.993. The molecule has 2 aromatic carbocycles. The average molecular weight is 783 g/mol. The largest absolute Gasteiger partial charge is 0.354 e. The Labute approximate surface area is 332 Å². The summed E-state index contributed by atoms with van der Waals surface area (Å²) in [6.45, 7) is 7.93. The molecule has 8 N–H and O–H groups in total. The van der Waals surface area contributed by atoms with E-state index in [9.17, 15) is 28.8 Å². The van der Waals surface area contributed by atoms with Crippen molar-refractivity contribution >= 4 is 35.4 Å². The van der Waals surface area contributed by atoms with E-state index in [4.69, 9.17) is 0 Å². The fourth-order valence-corrected chi connectivity index (χ4v) is 5.96. The number of carbonyl (C=O) groups excluding carboxylic acids is 6. The van der Waals surface area contributed by atoms with Gasteiger partial charge in [0.1, 0.15) is 24.2 Å². The molecule has 0 saturated carbocycles. The summed E-state index contributed by atoms with van der Waals surface area (Å²) in [4.78, 5) is 94.1. The Morgan fingerprint density at radius 2 is 0.947 bits per heavy atom. The number of nitrogens with one attached hydrogen (secondary N) is 8. The zero-order valence-electron chi connectivity index (χ0n) is 32.8. The minimum absolute atomic E-state index is 0.129. The van der Waals surface area contributed by atoms with E-state index in [1.165, 1.54) is 12.7 Å². The van der Waals surface area contributed by atoms with Crippen molar-refractivity contribution in [2.45, 2.75) is 84.0 Å². The summed E-state index contributed by atoms with van der Waals surface area (Å²) < 4.78 is 0. The first-order valence-electron chi connectivity index (χ1n) is 19.3. The second-order valence-corrected chi connectivity index (χ2v) is 14.0. The van der Waals surface area contributed by atoms with Crippen LogP contribution in [0.3, 0.4) is 0 Å². The van der Waals surface area contributed by atoms with Crippen LogP contribution in [0.15, 0.2) is 85.7 Å². The van der Waals surface area contributed by atoms with Gasteiger partial charge < -0.3 is 41.9 Å². The Morgan fingerprint density at radius 1 is 0.561 bits per heavy atom. The summed E-state index contributed by atoms with van der Waals surface area (Å²) in [5.74, 6) is -3.17. The second kappa shape index (κ2) is 22.3. The Balaban J connectivity index is 1.32. The molecule has 0 aliphatic carbocycles. The first-order chi connectivity index (χ1) is 27.5. The van der Waals surface area contributed by atoms with Crippen molar-refractivity contribution in [1.29, 1.82) is 0 Å². The first kappa shape index (κ1) is 43.4. The molecule has 16 nitrogen and oxygen atoms in total. The molecule has 4 rings (SSSR count). The van der Waals surface area contributed by atoms with Crippen LogP contribution in [0, 0.1) is 11.8 Å². The van der Waals surface area contributed by atoms with Gasteiger partial charge in [-0.3, -0.25) is 28.8 Å². The third-order valence-corrected chi connectivity index (χ3v) is 9.81. The van der Waals surface area contributed by atoms with Crippen molar-refractivity contribution in [2.24, 2.45) is 11.8 Å². The van der Waals surface area contributed by atoms with Gasteiger partial charge in [-0.1, -0.05) is 76.9 Å². The average Bonchev–Trinajstić information content (AvgIpc) is 3.96. The van der Waals surface area contributed by atoms with E-state index >= 15 is 0 Å². The molecule has 0 aliphatic heterocycles. The SMILES string of the molecule is CCC(C)[C@H](NC(=O)[C@H](Cc1cnc[nH]1)NC(=O)c1ccccc1)C(=O)NCCCNC(=O)[C@H](NC(=O)[C@@H](Cc1cnc[nH]1)NC(=O)c1ccccc1)C(C)CC. The smallest absolute Gasteiger partial charge is 0.251 e. The van der Waals surface area contributed by atoms with E-state index in [2.05, 4.69) is 51.8 Å². The number of aromatic amines is 2. The number of nitrogens with zero attached hydrogens (tertiary/aromatic N) is 2. The van der Waals surface area contributed by atoms with Crippen LogP contribution in [-0.2, 0) is 32.0 Å². The monoisotopic (exact) mass is 782 g/mol. The summed E-state index contributed by atoms with van der Waals surface area (Å²) in [5.41, 5.74) is 2.05. The lowest BCUT2D eigenvalue weighted by Crippen LogP contribution is -2.57. The van der Waals surface area contributed by atoms with E-state index in [1.807, 2.05) is 27.7 Å². The number of aromatic nitrogens is 4. The number of amides is 6. The summed E-state index contributed by atoms with van der Waals surface area (Å²) in [5, 5.41) is 17.0. The van der Waals surface area contributed by atoms with Gasteiger partial charge >= 0.3 is 0 Å². The third kappa shape index (κ3) is 13.4. The fourth-order valence-electron chi connectivity index (χ4n) is 5.96. The second-order valence-electron chi connectivity index (χ2n) is 14.0. The normalized spacial score (nSPS) is 14.1. The molecule has 2 aromatic heterocycles. The van der Waals surface area contributed by atoms with Gasteiger partial charge in [0.05, 0.1) is 12.7 Å². The Morgan fingerprint density at radius 3 is 1.28 bits per heavy atom. The lowest BCUT2D eigenvalue weighted by molar-refractivity contribution is -0.131. The van der Waals surface area contributed by atoms with Crippen LogP contribution in [0.2, 0.25) is 0 Å². The molecule has 57 heavy (non-hydrogen) atoms. The third-order valence-electron chi connectivity index (χ3n) is 9.81. The van der Waals surface area contributed by atoms with Gasteiger partial charge in [-0.05, 0) is 42.5 Å². The molecular formula is C41H54N10O6. The highest BCUT2D eigenvalue weighted by atomic mass is 16.2. The highest BCUT2D eigenvalue weighted by Crippen LogP contribution is 2.12. The van der Waals surface area contributed by atoms with Gasteiger partial charge in [0.15, 0.2) is 0 Å². The standard InChI is InChI=1S/C41H54N10O6/c1-5-26(3)34(50-38(54)32(20-30-22-42-24-46-30)48-36(52)28-14-9-7-10-15-28)40(56)44-18-13-19-45-41(57)35(27(4)6-2)51-39(55)33(21-31-23-43-25-47-31)49-37(53)29-16-11-8-12-17-29/h7-12,14-17,22-27,32-35H,5-6,13,18-21H2,1-4H3,(H,42,46)(H,43,47)(H,44,56)(H,45,57)(H,48,52)(H,49,53)(H,50,54)(H,51,55)/t26?,27?,32-,33+,34-,35+. The number of benzene rings is 2. The van der Waals surface area contributed by atoms with Gasteiger partial charge in [-0.15, -0.1) is 0 Å².